The van der Waals surface area contributed by atoms with Gasteiger partial charge in [-0.25, -0.2) is 0 Å². The van der Waals surface area contributed by atoms with Gasteiger partial charge in [0.2, 0.25) is 0 Å². The lowest BCUT2D eigenvalue weighted by Gasteiger charge is -2.18. The summed E-state index contributed by atoms with van der Waals surface area (Å²) < 4.78 is 0. The first-order chi connectivity index (χ1) is 8.92. The molecule has 0 aromatic carbocycles. The zero-order valence-electron chi connectivity index (χ0n) is 11.9. The van der Waals surface area contributed by atoms with E-state index in [0.29, 0.717) is 0 Å². The van der Waals surface area contributed by atoms with Gasteiger partial charge in [0.15, 0.2) is 0 Å². The molecular formula is C16H30N2. The van der Waals surface area contributed by atoms with Crippen molar-refractivity contribution in [3.8, 4) is 0 Å². The first-order valence-electron chi connectivity index (χ1n) is 8.36. The van der Waals surface area contributed by atoms with E-state index in [1.807, 2.05) is 0 Å². The molecule has 1 atom stereocenters. The summed E-state index contributed by atoms with van der Waals surface area (Å²) in [4.78, 5) is 2.73. The Hall–Kier alpha value is -0.0800. The van der Waals surface area contributed by atoms with Gasteiger partial charge in [0.05, 0.1) is 0 Å². The fourth-order valence-electron chi connectivity index (χ4n) is 3.86. The summed E-state index contributed by atoms with van der Waals surface area (Å²) in [5.74, 6) is 1.92. The molecular weight excluding hydrogens is 220 g/mol. The maximum absolute atomic E-state index is 3.78. The molecule has 2 heteroatoms. The Kier molecular flexibility index (Phi) is 4.58. The summed E-state index contributed by atoms with van der Waals surface area (Å²) in [5, 5.41) is 3.78. The molecule has 0 spiro atoms. The number of hydrogen-bond acceptors (Lipinski definition) is 2. The van der Waals surface area contributed by atoms with Crippen LogP contribution in [-0.2, 0) is 0 Å². The Labute approximate surface area is 113 Å². The molecule has 1 saturated heterocycles. The van der Waals surface area contributed by atoms with E-state index < -0.39 is 0 Å². The maximum Gasteiger partial charge on any atom is 0.00965 e. The zero-order valence-corrected chi connectivity index (χ0v) is 11.9. The van der Waals surface area contributed by atoms with Crippen molar-refractivity contribution in [3.63, 3.8) is 0 Å². The second-order valence-corrected chi connectivity index (χ2v) is 6.90. The molecule has 2 saturated carbocycles. The van der Waals surface area contributed by atoms with E-state index in [1.54, 1.807) is 0 Å². The van der Waals surface area contributed by atoms with Crippen molar-refractivity contribution in [2.75, 3.05) is 26.2 Å². The molecule has 3 fully saturated rings. The highest BCUT2D eigenvalue weighted by atomic mass is 15.2. The molecule has 1 aliphatic heterocycles. The molecule has 3 rings (SSSR count). The van der Waals surface area contributed by atoms with Gasteiger partial charge in [-0.15, -0.1) is 0 Å². The van der Waals surface area contributed by atoms with Gasteiger partial charge in [-0.1, -0.05) is 25.7 Å². The first kappa shape index (κ1) is 12.9. The van der Waals surface area contributed by atoms with Gasteiger partial charge < -0.3 is 10.2 Å². The maximum atomic E-state index is 3.78. The minimum atomic E-state index is 0.941. The molecule has 0 bridgehead atoms. The number of rotatable bonds is 5. The number of likely N-dealkylation sites (tertiary alicyclic amines) is 1. The van der Waals surface area contributed by atoms with Crippen LogP contribution in [0.15, 0.2) is 0 Å². The van der Waals surface area contributed by atoms with Gasteiger partial charge in [0, 0.05) is 12.6 Å². The van der Waals surface area contributed by atoms with Crippen LogP contribution in [0.4, 0.5) is 0 Å². The molecule has 18 heavy (non-hydrogen) atoms. The van der Waals surface area contributed by atoms with Crippen molar-refractivity contribution in [2.24, 2.45) is 11.8 Å². The summed E-state index contributed by atoms with van der Waals surface area (Å²) in [6.45, 7) is 5.32. The second-order valence-electron chi connectivity index (χ2n) is 6.90. The average molecular weight is 250 g/mol. The van der Waals surface area contributed by atoms with E-state index in [-0.39, 0.29) is 0 Å². The zero-order chi connectivity index (χ0) is 12.2. The highest BCUT2D eigenvalue weighted by Crippen LogP contribution is 2.31. The third-order valence-corrected chi connectivity index (χ3v) is 5.22. The van der Waals surface area contributed by atoms with E-state index >= 15 is 0 Å². The SMILES string of the molecule is C1CCCC(CNCC2CCN(C3CC3)C2)CC1. The van der Waals surface area contributed by atoms with E-state index in [1.165, 1.54) is 84.0 Å². The summed E-state index contributed by atoms with van der Waals surface area (Å²) >= 11 is 0. The summed E-state index contributed by atoms with van der Waals surface area (Å²) in [6.07, 6.45) is 13.3. The van der Waals surface area contributed by atoms with Gasteiger partial charge in [-0.2, -0.15) is 0 Å². The molecule has 3 aliphatic rings. The molecule has 0 aromatic heterocycles. The third-order valence-electron chi connectivity index (χ3n) is 5.22. The van der Waals surface area contributed by atoms with Crippen LogP contribution in [0.25, 0.3) is 0 Å². The first-order valence-corrected chi connectivity index (χ1v) is 8.36. The minimum absolute atomic E-state index is 0.941. The van der Waals surface area contributed by atoms with Crippen molar-refractivity contribution in [1.82, 2.24) is 10.2 Å². The van der Waals surface area contributed by atoms with Crippen LogP contribution >= 0.6 is 0 Å². The van der Waals surface area contributed by atoms with Crippen molar-refractivity contribution >= 4 is 0 Å². The Balaban J connectivity index is 1.29. The molecule has 0 aromatic rings. The Morgan fingerprint density at radius 2 is 1.50 bits per heavy atom. The lowest BCUT2D eigenvalue weighted by molar-refractivity contribution is 0.309. The van der Waals surface area contributed by atoms with E-state index in [0.717, 1.165) is 17.9 Å². The minimum Gasteiger partial charge on any atom is -0.316 e. The van der Waals surface area contributed by atoms with E-state index in [2.05, 4.69) is 10.2 Å². The number of nitrogens with one attached hydrogen (secondary N) is 1. The van der Waals surface area contributed by atoms with Gasteiger partial charge in [0.1, 0.15) is 0 Å². The van der Waals surface area contributed by atoms with Crippen LogP contribution in [0.1, 0.15) is 57.8 Å². The van der Waals surface area contributed by atoms with Gasteiger partial charge in [-0.05, 0) is 63.6 Å². The van der Waals surface area contributed by atoms with Crippen molar-refractivity contribution < 1.29 is 0 Å². The summed E-state index contributed by atoms with van der Waals surface area (Å²) in [7, 11) is 0. The predicted octanol–water partition coefficient (Wildman–Crippen LogP) is 3.03. The van der Waals surface area contributed by atoms with Crippen molar-refractivity contribution in [3.05, 3.63) is 0 Å². The molecule has 2 nitrogen and oxygen atoms in total. The van der Waals surface area contributed by atoms with Gasteiger partial charge in [-0.3, -0.25) is 0 Å². The van der Waals surface area contributed by atoms with E-state index in [4.69, 9.17) is 0 Å². The summed E-state index contributed by atoms with van der Waals surface area (Å²) in [6, 6.07) is 0.983. The van der Waals surface area contributed by atoms with E-state index in [9.17, 15) is 0 Å². The standard InChI is InChI=1S/C16H30N2/c1-2-4-6-14(5-3-1)11-17-12-15-9-10-18(13-15)16-7-8-16/h14-17H,1-13H2. The largest absolute Gasteiger partial charge is 0.316 e. The average Bonchev–Trinajstić information content (AvgIpc) is 3.16. The van der Waals surface area contributed by atoms with Crippen molar-refractivity contribution in [1.29, 1.82) is 0 Å². The predicted molar refractivity (Wildman–Crippen MR) is 76.8 cm³/mol. The Morgan fingerprint density at radius 1 is 0.778 bits per heavy atom. The molecule has 1 heterocycles. The fourth-order valence-corrected chi connectivity index (χ4v) is 3.86. The van der Waals surface area contributed by atoms with Crippen LogP contribution in [-0.4, -0.2) is 37.1 Å². The Morgan fingerprint density at radius 3 is 2.22 bits per heavy atom. The Bertz CT molecular complexity index is 241. The normalized spacial score (nSPS) is 31.7. The quantitative estimate of drug-likeness (QED) is 0.755. The van der Waals surface area contributed by atoms with Gasteiger partial charge >= 0.3 is 0 Å². The molecule has 1 unspecified atom stereocenters. The summed E-state index contributed by atoms with van der Waals surface area (Å²) in [5.41, 5.74) is 0. The van der Waals surface area contributed by atoms with Crippen molar-refractivity contribution in [2.45, 2.75) is 63.8 Å². The van der Waals surface area contributed by atoms with Crippen LogP contribution in [0.5, 0.6) is 0 Å². The van der Waals surface area contributed by atoms with Crippen LogP contribution < -0.4 is 5.32 Å². The third kappa shape index (κ3) is 3.71. The van der Waals surface area contributed by atoms with Crippen LogP contribution in [0.2, 0.25) is 0 Å². The topological polar surface area (TPSA) is 15.3 Å². The fraction of sp³-hybridized carbons (Fsp3) is 1.00. The second kappa shape index (κ2) is 6.38. The number of nitrogens with zero attached hydrogens (tertiary/aromatic N) is 1. The molecule has 0 radical (unpaired) electrons. The monoisotopic (exact) mass is 250 g/mol. The molecule has 2 aliphatic carbocycles. The number of hydrogen-bond donors (Lipinski definition) is 1. The molecule has 0 amide bonds. The lowest BCUT2D eigenvalue weighted by Crippen LogP contribution is -2.30. The van der Waals surface area contributed by atoms with Gasteiger partial charge in [0.25, 0.3) is 0 Å². The highest BCUT2D eigenvalue weighted by Gasteiger charge is 2.34. The van der Waals surface area contributed by atoms with Crippen LogP contribution in [0, 0.1) is 11.8 Å². The lowest BCUT2D eigenvalue weighted by atomic mass is 10.00. The van der Waals surface area contributed by atoms with Crippen LogP contribution in [0.3, 0.4) is 0 Å². The highest BCUT2D eigenvalue weighted by molar-refractivity contribution is 4.90. The molecule has 104 valence electrons. The smallest absolute Gasteiger partial charge is 0.00965 e. The molecule has 1 N–H and O–H groups in total.